The summed E-state index contributed by atoms with van der Waals surface area (Å²) in [5.41, 5.74) is 3.36. The van der Waals surface area contributed by atoms with Crippen LogP contribution in [0.15, 0.2) is 48.7 Å². The summed E-state index contributed by atoms with van der Waals surface area (Å²) in [6.45, 7) is 4.64. The van der Waals surface area contributed by atoms with Crippen molar-refractivity contribution in [2.45, 2.75) is 26.4 Å². The first kappa shape index (κ1) is 16.0. The zero-order chi connectivity index (χ0) is 16.2. The Labute approximate surface area is 140 Å². The molecule has 4 heteroatoms. The number of para-hydroxylation sites is 1. The second-order valence-electron chi connectivity index (χ2n) is 5.71. The molecular formula is C19H20ClFN2. The van der Waals surface area contributed by atoms with Gasteiger partial charge in [0.2, 0.25) is 0 Å². The van der Waals surface area contributed by atoms with Crippen molar-refractivity contribution in [1.29, 1.82) is 0 Å². The van der Waals surface area contributed by atoms with E-state index in [1.165, 1.54) is 28.6 Å². The van der Waals surface area contributed by atoms with Gasteiger partial charge in [0.15, 0.2) is 0 Å². The maximum Gasteiger partial charge on any atom is 0.124 e. The minimum Gasteiger partial charge on any atom is -0.343 e. The Kier molecular flexibility index (Phi) is 4.99. The van der Waals surface area contributed by atoms with Crippen molar-refractivity contribution in [2.75, 3.05) is 6.54 Å². The molecule has 0 saturated carbocycles. The summed E-state index contributed by atoms with van der Waals surface area (Å²) < 4.78 is 15.4. The van der Waals surface area contributed by atoms with Crippen LogP contribution in [0.3, 0.4) is 0 Å². The van der Waals surface area contributed by atoms with Crippen LogP contribution < -0.4 is 5.32 Å². The Bertz CT molecular complexity index is 810. The molecule has 0 bridgehead atoms. The lowest BCUT2D eigenvalue weighted by atomic mass is 10.2. The quantitative estimate of drug-likeness (QED) is 0.631. The highest BCUT2D eigenvalue weighted by atomic mass is 35.5. The van der Waals surface area contributed by atoms with Crippen molar-refractivity contribution < 1.29 is 4.39 Å². The summed E-state index contributed by atoms with van der Waals surface area (Å²) >= 11 is 6.17. The lowest BCUT2D eigenvalue weighted by molar-refractivity contribution is 0.626. The van der Waals surface area contributed by atoms with Gasteiger partial charge in [-0.05, 0) is 42.3 Å². The molecular weight excluding hydrogens is 311 g/mol. The third kappa shape index (κ3) is 3.57. The van der Waals surface area contributed by atoms with Gasteiger partial charge < -0.3 is 9.88 Å². The van der Waals surface area contributed by atoms with Gasteiger partial charge >= 0.3 is 0 Å². The molecule has 3 rings (SSSR count). The lowest BCUT2D eigenvalue weighted by Gasteiger charge is -2.07. The summed E-state index contributed by atoms with van der Waals surface area (Å²) in [5, 5.41) is 5.16. The summed E-state index contributed by atoms with van der Waals surface area (Å²) in [7, 11) is 0. The fourth-order valence-electron chi connectivity index (χ4n) is 2.83. The van der Waals surface area contributed by atoms with E-state index in [2.05, 4.69) is 41.2 Å². The fourth-order valence-corrected chi connectivity index (χ4v) is 3.05. The minimum absolute atomic E-state index is 0.305. The number of benzene rings is 2. The molecule has 0 aliphatic heterocycles. The number of hydrogen-bond acceptors (Lipinski definition) is 1. The van der Waals surface area contributed by atoms with Gasteiger partial charge in [-0.2, -0.15) is 0 Å². The molecule has 2 aromatic carbocycles. The second kappa shape index (κ2) is 7.16. The van der Waals surface area contributed by atoms with Crippen molar-refractivity contribution in [3.63, 3.8) is 0 Å². The van der Waals surface area contributed by atoms with Gasteiger partial charge in [0.25, 0.3) is 0 Å². The molecule has 1 heterocycles. The van der Waals surface area contributed by atoms with E-state index in [-0.39, 0.29) is 5.82 Å². The predicted octanol–water partition coefficient (Wildman–Crippen LogP) is 4.98. The maximum absolute atomic E-state index is 13.2. The van der Waals surface area contributed by atoms with Crippen LogP contribution in [0, 0.1) is 5.82 Å². The van der Waals surface area contributed by atoms with E-state index < -0.39 is 0 Å². The van der Waals surface area contributed by atoms with E-state index in [9.17, 15) is 4.39 Å². The average molecular weight is 331 g/mol. The largest absolute Gasteiger partial charge is 0.343 e. The van der Waals surface area contributed by atoms with Crippen LogP contribution in [0.2, 0.25) is 5.02 Å². The Balaban J connectivity index is 1.94. The first-order valence-electron chi connectivity index (χ1n) is 7.90. The predicted molar refractivity (Wildman–Crippen MR) is 94.4 cm³/mol. The Morgan fingerprint density at radius 2 is 1.96 bits per heavy atom. The number of halogens is 2. The topological polar surface area (TPSA) is 17.0 Å². The first-order chi connectivity index (χ1) is 11.2. The molecule has 0 amide bonds. The van der Waals surface area contributed by atoms with Crippen LogP contribution in [0.5, 0.6) is 0 Å². The van der Waals surface area contributed by atoms with Crippen LogP contribution in [0.1, 0.15) is 24.5 Å². The summed E-state index contributed by atoms with van der Waals surface area (Å²) in [6.07, 6.45) is 3.27. The van der Waals surface area contributed by atoms with Gasteiger partial charge in [0, 0.05) is 35.2 Å². The third-order valence-corrected chi connectivity index (χ3v) is 4.32. The van der Waals surface area contributed by atoms with Crippen LogP contribution >= 0.6 is 11.6 Å². The molecule has 0 unspecified atom stereocenters. The Morgan fingerprint density at radius 1 is 1.13 bits per heavy atom. The van der Waals surface area contributed by atoms with Gasteiger partial charge in [-0.3, -0.25) is 0 Å². The van der Waals surface area contributed by atoms with Gasteiger partial charge in [0.1, 0.15) is 5.82 Å². The zero-order valence-electron chi connectivity index (χ0n) is 13.2. The molecule has 0 atom stereocenters. The van der Waals surface area contributed by atoms with Crippen LogP contribution in [-0.2, 0) is 13.1 Å². The molecule has 3 aromatic rings. The number of aromatic nitrogens is 1. The highest BCUT2D eigenvalue weighted by Crippen LogP contribution is 2.25. The normalized spacial score (nSPS) is 11.3. The number of rotatable bonds is 6. The van der Waals surface area contributed by atoms with Crippen molar-refractivity contribution in [3.05, 3.63) is 70.6 Å². The van der Waals surface area contributed by atoms with E-state index in [1.807, 2.05) is 6.07 Å². The van der Waals surface area contributed by atoms with Gasteiger partial charge in [-0.25, -0.2) is 4.39 Å². The van der Waals surface area contributed by atoms with E-state index in [0.29, 0.717) is 11.6 Å². The van der Waals surface area contributed by atoms with Gasteiger partial charge in [-0.1, -0.05) is 42.8 Å². The number of hydrogen-bond donors (Lipinski definition) is 1. The minimum atomic E-state index is -0.305. The fraction of sp³-hybridized carbons (Fsp3) is 0.263. The first-order valence-corrected chi connectivity index (χ1v) is 8.28. The lowest BCUT2D eigenvalue weighted by Crippen LogP contribution is -2.13. The van der Waals surface area contributed by atoms with E-state index in [1.54, 1.807) is 6.07 Å². The standard InChI is InChI=1S/C19H20ClFN2/c1-2-9-22-11-15-13-23(19-6-4-3-5-17(15)19)12-14-7-8-16(21)10-18(14)20/h3-8,10,13,22H,2,9,11-12H2,1H3. The highest BCUT2D eigenvalue weighted by Gasteiger charge is 2.10. The Morgan fingerprint density at radius 3 is 2.74 bits per heavy atom. The average Bonchev–Trinajstić information content (AvgIpc) is 2.89. The summed E-state index contributed by atoms with van der Waals surface area (Å²) in [5.74, 6) is -0.305. The molecule has 1 N–H and O–H groups in total. The van der Waals surface area contributed by atoms with E-state index in [4.69, 9.17) is 11.6 Å². The highest BCUT2D eigenvalue weighted by molar-refractivity contribution is 6.31. The summed E-state index contributed by atoms with van der Waals surface area (Å²) in [4.78, 5) is 0. The van der Waals surface area contributed by atoms with E-state index in [0.717, 1.165) is 25.1 Å². The molecule has 0 fully saturated rings. The smallest absolute Gasteiger partial charge is 0.124 e. The molecule has 2 nitrogen and oxygen atoms in total. The molecule has 120 valence electrons. The van der Waals surface area contributed by atoms with Crippen molar-refractivity contribution in [1.82, 2.24) is 9.88 Å². The Hall–Kier alpha value is -1.84. The molecule has 0 aliphatic rings. The number of nitrogens with zero attached hydrogens (tertiary/aromatic N) is 1. The molecule has 0 spiro atoms. The maximum atomic E-state index is 13.2. The van der Waals surface area contributed by atoms with Gasteiger partial charge in [0.05, 0.1) is 0 Å². The summed E-state index contributed by atoms with van der Waals surface area (Å²) in [6, 6.07) is 12.9. The molecule has 0 saturated heterocycles. The van der Waals surface area contributed by atoms with E-state index >= 15 is 0 Å². The second-order valence-corrected chi connectivity index (χ2v) is 6.12. The van der Waals surface area contributed by atoms with Crippen LogP contribution in [0.4, 0.5) is 4.39 Å². The van der Waals surface area contributed by atoms with Crippen LogP contribution in [0.25, 0.3) is 10.9 Å². The molecule has 1 aromatic heterocycles. The van der Waals surface area contributed by atoms with Crippen molar-refractivity contribution in [3.8, 4) is 0 Å². The molecule has 0 radical (unpaired) electrons. The van der Waals surface area contributed by atoms with Crippen molar-refractivity contribution >= 4 is 22.5 Å². The SMILES string of the molecule is CCCNCc1cn(Cc2ccc(F)cc2Cl)c2ccccc12. The van der Waals surface area contributed by atoms with Crippen LogP contribution in [-0.4, -0.2) is 11.1 Å². The monoisotopic (exact) mass is 330 g/mol. The third-order valence-electron chi connectivity index (χ3n) is 3.97. The molecule has 23 heavy (non-hydrogen) atoms. The zero-order valence-corrected chi connectivity index (χ0v) is 13.9. The molecule has 0 aliphatic carbocycles. The number of nitrogens with one attached hydrogen (secondary N) is 1. The number of fused-ring (bicyclic) bond motifs is 1. The van der Waals surface area contributed by atoms with Gasteiger partial charge in [-0.15, -0.1) is 0 Å². The van der Waals surface area contributed by atoms with Crippen molar-refractivity contribution in [2.24, 2.45) is 0 Å².